The summed E-state index contributed by atoms with van der Waals surface area (Å²) in [4.78, 5) is 15.0. The number of carbonyl (C=O) groups excluding carboxylic acids is 1. The minimum atomic E-state index is -3.65. The largest absolute Gasteiger partial charge is 0.379 e. The van der Waals surface area contributed by atoms with E-state index >= 15 is 0 Å². The van der Waals surface area contributed by atoms with Crippen LogP contribution in [0.5, 0.6) is 0 Å². The van der Waals surface area contributed by atoms with Gasteiger partial charge in [0.2, 0.25) is 10.0 Å². The van der Waals surface area contributed by atoms with Crippen molar-refractivity contribution >= 4 is 21.6 Å². The lowest BCUT2D eigenvalue weighted by atomic mass is 10.1. The van der Waals surface area contributed by atoms with Crippen molar-refractivity contribution in [1.82, 2.24) is 4.31 Å². The molecule has 2 aromatic carbocycles. The van der Waals surface area contributed by atoms with E-state index in [1.54, 1.807) is 17.0 Å². The van der Waals surface area contributed by atoms with Crippen LogP contribution < -0.4 is 4.90 Å². The predicted octanol–water partition coefficient (Wildman–Crippen LogP) is 2.99. The molecule has 7 heteroatoms. The molecule has 1 aliphatic heterocycles. The smallest absolute Gasteiger partial charge is 0.258 e. The molecule has 1 heterocycles. The number of ether oxygens (including phenoxy) is 1. The van der Waals surface area contributed by atoms with E-state index in [9.17, 15) is 13.2 Å². The second kappa shape index (κ2) is 8.43. The third-order valence-electron chi connectivity index (χ3n) is 4.77. The molecule has 2 aromatic rings. The van der Waals surface area contributed by atoms with Gasteiger partial charge in [-0.15, -0.1) is 0 Å². The lowest BCUT2D eigenvalue weighted by molar-refractivity contribution is 0.0730. The van der Waals surface area contributed by atoms with Gasteiger partial charge in [0.1, 0.15) is 0 Å². The topological polar surface area (TPSA) is 66.9 Å². The summed E-state index contributed by atoms with van der Waals surface area (Å²) < 4.78 is 32.5. The first kappa shape index (κ1) is 20.5. The second-order valence-electron chi connectivity index (χ2n) is 6.94. The highest BCUT2D eigenvalue weighted by Crippen LogP contribution is 2.23. The Morgan fingerprint density at radius 2 is 1.71 bits per heavy atom. The minimum absolute atomic E-state index is 0.136. The molecule has 28 heavy (non-hydrogen) atoms. The van der Waals surface area contributed by atoms with E-state index in [4.69, 9.17) is 4.74 Å². The lowest BCUT2D eigenvalue weighted by Gasteiger charge is -2.26. The van der Waals surface area contributed by atoms with Crippen molar-refractivity contribution in [2.24, 2.45) is 0 Å². The van der Waals surface area contributed by atoms with E-state index in [1.807, 2.05) is 32.9 Å². The molecule has 0 N–H and O–H groups in total. The average molecular weight is 403 g/mol. The summed E-state index contributed by atoms with van der Waals surface area (Å²) in [6.07, 6.45) is 0. The monoisotopic (exact) mass is 402 g/mol. The van der Waals surface area contributed by atoms with E-state index in [-0.39, 0.29) is 10.8 Å². The number of morpholine rings is 1. The van der Waals surface area contributed by atoms with Crippen LogP contribution in [-0.4, -0.2) is 51.5 Å². The number of carbonyl (C=O) groups is 1. The van der Waals surface area contributed by atoms with Crippen LogP contribution in [0.4, 0.5) is 5.69 Å². The van der Waals surface area contributed by atoms with Crippen molar-refractivity contribution in [1.29, 1.82) is 0 Å². The Morgan fingerprint density at radius 3 is 2.32 bits per heavy atom. The zero-order valence-electron chi connectivity index (χ0n) is 16.5. The van der Waals surface area contributed by atoms with Gasteiger partial charge in [0, 0.05) is 30.9 Å². The minimum Gasteiger partial charge on any atom is -0.379 e. The van der Waals surface area contributed by atoms with E-state index in [1.165, 1.54) is 16.4 Å². The Bertz CT molecular complexity index is 946. The molecule has 6 nitrogen and oxygen atoms in total. The molecular formula is C21H26N2O4S. The Morgan fingerprint density at radius 1 is 1.07 bits per heavy atom. The normalized spacial score (nSPS) is 15.4. The summed E-state index contributed by atoms with van der Waals surface area (Å²) >= 11 is 0. The summed E-state index contributed by atoms with van der Waals surface area (Å²) in [6, 6.07) is 12.3. The fourth-order valence-corrected chi connectivity index (χ4v) is 4.89. The Hall–Kier alpha value is -2.22. The van der Waals surface area contributed by atoms with Crippen molar-refractivity contribution in [3.63, 3.8) is 0 Å². The molecule has 0 radical (unpaired) electrons. The lowest BCUT2D eigenvalue weighted by Crippen LogP contribution is -2.40. The van der Waals surface area contributed by atoms with E-state index in [0.717, 1.165) is 16.8 Å². The van der Waals surface area contributed by atoms with Gasteiger partial charge in [-0.05, 0) is 62.2 Å². The van der Waals surface area contributed by atoms with Crippen LogP contribution in [0.3, 0.4) is 0 Å². The number of nitrogens with zero attached hydrogens (tertiary/aromatic N) is 2. The maximum atomic E-state index is 13.2. The molecule has 1 saturated heterocycles. The zero-order chi connectivity index (χ0) is 20.3. The Kier molecular flexibility index (Phi) is 6.17. The van der Waals surface area contributed by atoms with Gasteiger partial charge in [0.05, 0.1) is 18.1 Å². The molecule has 1 fully saturated rings. The number of hydrogen-bond acceptors (Lipinski definition) is 4. The van der Waals surface area contributed by atoms with Crippen molar-refractivity contribution < 1.29 is 17.9 Å². The maximum absolute atomic E-state index is 13.2. The number of rotatable bonds is 5. The SMILES string of the molecule is CCN(C(=O)c1cccc(S(=O)(=O)N2CCOCC2)c1)c1cc(C)cc(C)c1. The number of aryl methyl sites for hydroxylation is 2. The zero-order valence-corrected chi connectivity index (χ0v) is 17.3. The van der Waals surface area contributed by atoms with Crippen LogP contribution in [-0.2, 0) is 14.8 Å². The van der Waals surface area contributed by atoms with Gasteiger partial charge in [-0.3, -0.25) is 4.79 Å². The molecule has 3 rings (SSSR count). The van der Waals surface area contributed by atoms with E-state index in [0.29, 0.717) is 38.4 Å². The maximum Gasteiger partial charge on any atom is 0.258 e. The Labute approximate surface area is 166 Å². The molecule has 1 aliphatic rings. The molecule has 1 amide bonds. The average Bonchev–Trinajstić information content (AvgIpc) is 2.68. The number of benzene rings is 2. The third-order valence-corrected chi connectivity index (χ3v) is 6.66. The van der Waals surface area contributed by atoms with Gasteiger partial charge in [0.25, 0.3) is 5.91 Å². The highest BCUT2D eigenvalue weighted by atomic mass is 32.2. The number of sulfonamides is 1. The summed E-state index contributed by atoms with van der Waals surface area (Å²) in [5.74, 6) is -0.216. The van der Waals surface area contributed by atoms with E-state index in [2.05, 4.69) is 6.07 Å². The van der Waals surface area contributed by atoms with Gasteiger partial charge >= 0.3 is 0 Å². The van der Waals surface area contributed by atoms with Crippen LogP contribution in [0.25, 0.3) is 0 Å². The molecule has 0 bridgehead atoms. The summed E-state index contributed by atoms with van der Waals surface area (Å²) in [5, 5.41) is 0. The first-order valence-electron chi connectivity index (χ1n) is 9.41. The van der Waals surface area contributed by atoms with Gasteiger partial charge in [-0.2, -0.15) is 4.31 Å². The molecule has 0 aromatic heterocycles. The summed E-state index contributed by atoms with van der Waals surface area (Å²) in [7, 11) is -3.65. The second-order valence-corrected chi connectivity index (χ2v) is 8.88. The van der Waals surface area contributed by atoms with E-state index < -0.39 is 10.0 Å². The molecule has 0 unspecified atom stereocenters. The standard InChI is InChI=1S/C21H26N2O4S/c1-4-23(19-13-16(2)12-17(3)14-19)21(24)18-6-5-7-20(15-18)28(25,26)22-8-10-27-11-9-22/h5-7,12-15H,4,8-11H2,1-3H3. The van der Waals surface area contributed by atoms with Crippen LogP contribution in [0, 0.1) is 13.8 Å². The van der Waals surface area contributed by atoms with Crippen molar-refractivity contribution in [2.45, 2.75) is 25.7 Å². The fourth-order valence-electron chi connectivity index (χ4n) is 3.43. The van der Waals surface area contributed by atoms with Crippen molar-refractivity contribution in [3.8, 4) is 0 Å². The Balaban J connectivity index is 1.92. The summed E-state index contributed by atoms with van der Waals surface area (Å²) in [6.45, 7) is 7.79. The highest BCUT2D eigenvalue weighted by Gasteiger charge is 2.27. The number of amides is 1. The van der Waals surface area contributed by atoms with Gasteiger partial charge in [0.15, 0.2) is 0 Å². The van der Waals surface area contributed by atoms with Crippen molar-refractivity contribution in [3.05, 3.63) is 59.2 Å². The molecular weight excluding hydrogens is 376 g/mol. The highest BCUT2D eigenvalue weighted by molar-refractivity contribution is 7.89. The fraction of sp³-hybridized carbons (Fsp3) is 0.381. The van der Waals surface area contributed by atoms with Crippen molar-refractivity contribution in [2.75, 3.05) is 37.7 Å². The molecule has 150 valence electrons. The van der Waals surface area contributed by atoms with Gasteiger partial charge < -0.3 is 9.64 Å². The van der Waals surface area contributed by atoms with Gasteiger partial charge in [-0.1, -0.05) is 12.1 Å². The number of anilines is 1. The van der Waals surface area contributed by atoms with Crippen LogP contribution >= 0.6 is 0 Å². The van der Waals surface area contributed by atoms with Crippen LogP contribution in [0.15, 0.2) is 47.4 Å². The molecule has 0 aliphatic carbocycles. The molecule has 0 saturated carbocycles. The number of hydrogen-bond donors (Lipinski definition) is 0. The predicted molar refractivity (Wildman–Crippen MR) is 109 cm³/mol. The van der Waals surface area contributed by atoms with Crippen LogP contribution in [0.1, 0.15) is 28.4 Å². The molecule has 0 atom stereocenters. The van der Waals surface area contributed by atoms with Crippen LogP contribution in [0.2, 0.25) is 0 Å². The molecule has 0 spiro atoms. The quantitative estimate of drug-likeness (QED) is 0.771. The first-order chi connectivity index (χ1) is 13.3. The first-order valence-corrected chi connectivity index (χ1v) is 10.8. The third kappa shape index (κ3) is 4.27. The summed E-state index contributed by atoms with van der Waals surface area (Å²) in [5.41, 5.74) is 3.32. The van der Waals surface area contributed by atoms with Gasteiger partial charge in [-0.25, -0.2) is 8.42 Å².